The fourth-order valence-corrected chi connectivity index (χ4v) is 2.42. The lowest BCUT2D eigenvalue weighted by Gasteiger charge is -2.07. The Bertz CT molecular complexity index is 743. The van der Waals surface area contributed by atoms with Gasteiger partial charge in [0.15, 0.2) is 0 Å². The number of carbonyl (C=O) groups excluding carboxylic acids is 2. The van der Waals surface area contributed by atoms with E-state index in [1.807, 2.05) is 0 Å². The van der Waals surface area contributed by atoms with Crippen LogP contribution in [0.2, 0.25) is 0 Å². The van der Waals surface area contributed by atoms with Gasteiger partial charge >= 0.3 is 0 Å². The van der Waals surface area contributed by atoms with Gasteiger partial charge in [0.25, 0.3) is 5.91 Å². The second kappa shape index (κ2) is 7.41. The first-order valence-electron chi connectivity index (χ1n) is 6.97. The van der Waals surface area contributed by atoms with Crippen molar-refractivity contribution in [1.29, 1.82) is 0 Å². The Labute approximate surface area is 141 Å². The fourth-order valence-electron chi connectivity index (χ4n) is 2.09. The van der Waals surface area contributed by atoms with Crippen LogP contribution in [-0.4, -0.2) is 11.8 Å². The first-order chi connectivity index (χ1) is 10.9. The van der Waals surface area contributed by atoms with Crippen LogP contribution in [0.1, 0.15) is 33.9 Å². The molecular weight excluding hydrogens is 367 g/mol. The molecule has 0 spiro atoms. The molecule has 0 radical (unpaired) electrons. The van der Waals surface area contributed by atoms with Gasteiger partial charge in [0.2, 0.25) is 5.91 Å². The summed E-state index contributed by atoms with van der Waals surface area (Å²) < 4.78 is 19.5. The summed E-state index contributed by atoms with van der Waals surface area (Å²) in [6, 6.07) is 6.26. The van der Waals surface area contributed by atoms with Crippen LogP contribution in [0, 0.1) is 19.7 Å². The number of hydrogen-bond acceptors (Lipinski definition) is 3. The molecule has 1 aromatic heterocycles. The molecule has 0 aliphatic rings. The van der Waals surface area contributed by atoms with Gasteiger partial charge in [-0.15, -0.1) is 0 Å². The first kappa shape index (κ1) is 17.2. The third-order valence-corrected chi connectivity index (χ3v) is 3.73. The number of carbonyl (C=O) groups is 2. The summed E-state index contributed by atoms with van der Waals surface area (Å²) in [6.07, 6.45) is 0.299. The van der Waals surface area contributed by atoms with Crippen molar-refractivity contribution >= 4 is 27.7 Å². The van der Waals surface area contributed by atoms with E-state index in [0.717, 1.165) is 0 Å². The lowest BCUT2D eigenvalue weighted by atomic mass is 10.1. The van der Waals surface area contributed by atoms with E-state index in [4.69, 9.17) is 4.42 Å². The minimum Gasteiger partial charge on any atom is -0.466 e. The van der Waals surface area contributed by atoms with Crippen LogP contribution in [0.4, 0.5) is 4.39 Å². The minimum atomic E-state index is -0.456. The summed E-state index contributed by atoms with van der Waals surface area (Å²) in [5.74, 6) is -0.141. The molecule has 0 aliphatic carbocycles. The van der Waals surface area contributed by atoms with E-state index in [1.54, 1.807) is 32.0 Å². The van der Waals surface area contributed by atoms with E-state index in [0.29, 0.717) is 27.1 Å². The number of rotatable bonds is 4. The topological polar surface area (TPSA) is 71.3 Å². The maximum atomic E-state index is 13.6. The van der Waals surface area contributed by atoms with E-state index in [9.17, 15) is 14.0 Å². The standard InChI is InChI=1S/C16H16BrFN2O3/c1-9-7-13(10(2)23-9)16(22)20-19-15(21)6-4-11-3-5-12(17)8-14(11)18/h3,5,7-8H,4,6H2,1-2H3,(H,19,21)(H,20,22). The first-order valence-corrected chi connectivity index (χ1v) is 7.76. The van der Waals surface area contributed by atoms with E-state index < -0.39 is 11.8 Å². The molecule has 2 aromatic rings. The minimum absolute atomic E-state index is 0.0578. The number of nitrogens with one attached hydrogen (secondary N) is 2. The highest BCUT2D eigenvalue weighted by molar-refractivity contribution is 9.10. The zero-order valence-electron chi connectivity index (χ0n) is 12.7. The van der Waals surface area contributed by atoms with Crippen LogP contribution >= 0.6 is 15.9 Å². The van der Waals surface area contributed by atoms with Crippen molar-refractivity contribution in [3.05, 3.63) is 57.2 Å². The Balaban J connectivity index is 1.83. The number of hydrogen-bond donors (Lipinski definition) is 2. The predicted molar refractivity (Wildman–Crippen MR) is 86.2 cm³/mol. The Hall–Kier alpha value is -2.15. The number of benzene rings is 1. The van der Waals surface area contributed by atoms with Gasteiger partial charge in [0, 0.05) is 10.9 Å². The van der Waals surface area contributed by atoms with Gasteiger partial charge < -0.3 is 4.42 Å². The Morgan fingerprint density at radius 3 is 2.57 bits per heavy atom. The predicted octanol–water partition coefficient (Wildman–Crippen LogP) is 3.19. The zero-order chi connectivity index (χ0) is 17.0. The SMILES string of the molecule is Cc1cc(C(=O)NNC(=O)CCc2ccc(Br)cc2F)c(C)o1. The molecule has 2 amide bonds. The summed E-state index contributed by atoms with van der Waals surface area (Å²) >= 11 is 3.17. The quantitative estimate of drug-likeness (QED) is 0.797. The molecule has 122 valence electrons. The van der Waals surface area contributed by atoms with Gasteiger partial charge in [-0.1, -0.05) is 22.0 Å². The molecule has 2 N–H and O–H groups in total. The second-order valence-corrected chi connectivity index (χ2v) is 5.98. The molecule has 2 rings (SSSR count). The highest BCUT2D eigenvalue weighted by Crippen LogP contribution is 2.16. The molecule has 0 saturated carbocycles. The summed E-state index contributed by atoms with van der Waals surface area (Å²) in [4.78, 5) is 23.6. The average molecular weight is 383 g/mol. The molecule has 0 saturated heterocycles. The number of amides is 2. The van der Waals surface area contributed by atoms with Crippen molar-refractivity contribution in [2.75, 3.05) is 0 Å². The van der Waals surface area contributed by atoms with Crippen molar-refractivity contribution in [2.24, 2.45) is 0 Å². The van der Waals surface area contributed by atoms with E-state index >= 15 is 0 Å². The largest absolute Gasteiger partial charge is 0.466 e. The van der Waals surface area contributed by atoms with Gasteiger partial charge in [0.05, 0.1) is 5.56 Å². The maximum Gasteiger partial charge on any atom is 0.273 e. The monoisotopic (exact) mass is 382 g/mol. The fraction of sp³-hybridized carbons (Fsp3) is 0.250. The molecule has 0 unspecified atom stereocenters. The zero-order valence-corrected chi connectivity index (χ0v) is 14.3. The van der Waals surface area contributed by atoms with Crippen molar-refractivity contribution < 1.29 is 18.4 Å². The Morgan fingerprint density at radius 2 is 1.96 bits per heavy atom. The molecular formula is C16H16BrFN2O3. The average Bonchev–Trinajstić information content (AvgIpc) is 2.82. The number of aryl methyl sites for hydroxylation is 3. The molecule has 0 atom stereocenters. The second-order valence-electron chi connectivity index (χ2n) is 5.06. The van der Waals surface area contributed by atoms with Gasteiger partial charge in [-0.25, -0.2) is 4.39 Å². The smallest absolute Gasteiger partial charge is 0.273 e. The van der Waals surface area contributed by atoms with Gasteiger partial charge in [0.1, 0.15) is 17.3 Å². The molecule has 23 heavy (non-hydrogen) atoms. The van der Waals surface area contributed by atoms with Crippen molar-refractivity contribution in [1.82, 2.24) is 10.9 Å². The molecule has 1 aromatic carbocycles. The van der Waals surface area contributed by atoms with E-state index in [1.165, 1.54) is 6.07 Å². The molecule has 1 heterocycles. The van der Waals surface area contributed by atoms with Crippen molar-refractivity contribution in [2.45, 2.75) is 26.7 Å². The third-order valence-electron chi connectivity index (χ3n) is 3.24. The molecule has 5 nitrogen and oxygen atoms in total. The lowest BCUT2D eigenvalue weighted by molar-refractivity contribution is -0.121. The number of halogens is 2. The third kappa shape index (κ3) is 4.66. The van der Waals surface area contributed by atoms with Crippen LogP contribution in [0.15, 0.2) is 33.2 Å². The van der Waals surface area contributed by atoms with E-state index in [-0.39, 0.29) is 18.7 Å². The summed E-state index contributed by atoms with van der Waals surface area (Å²) in [5, 5.41) is 0. The van der Waals surface area contributed by atoms with E-state index in [2.05, 4.69) is 26.8 Å². The Morgan fingerprint density at radius 1 is 1.22 bits per heavy atom. The highest BCUT2D eigenvalue weighted by Gasteiger charge is 2.14. The van der Waals surface area contributed by atoms with Crippen molar-refractivity contribution in [3.63, 3.8) is 0 Å². The number of furan rings is 1. The number of hydrazine groups is 1. The van der Waals surface area contributed by atoms with Crippen LogP contribution in [-0.2, 0) is 11.2 Å². The molecule has 0 fully saturated rings. The lowest BCUT2D eigenvalue weighted by Crippen LogP contribution is -2.41. The maximum absolute atomic E-state index is 13.6. The molecule has 7 heteroatoms. The van der Waals surface area contributed by atoms with Crippen LogP contribution in [0.25, 0.3) is 0 Å². The summed E-state index contributed by atoms with van der Waals surface area (Å²) in [6.45, 7) is 3.40. The summed E-state index contributed by atoms with van der Waals surface area (Å²) in [5.41, 5.74) is 5.42. The normalized spacial score (nSPS) is 10.4. The Kier molecular flexibility index (Phi) is 5.54. The van der Waals surface area contributed by atoms with Gasteiger partial charge in [-0.05, 0) is 44.0 Å². The highest BCUT2D eigenvalue weighted by atomic mass is 79.9. The van der Waals surface area contributed by atoms with Crippen LogP contribution in [0.5, 0.6) is 0 Å². The van der Waals surface area contributed by atoms with Crippen LogP contribution < -0.4 is 10.9 Å². The summed E-state index contributed by atoms with van der Waals surface area (Å²) in [7, 11) is 0. The molecule has 0 aliphatic heterocycles. The molecule has 0 bridgehead atoms. The van der Waals surface area contributed by atoms with Crippen molar-refractivity contribution in [3.8, 4) is 0 Å². The van der Waals surface area contributed by atoms with Gasteiger partial charge in [-0.3, -0.25) is 20.4 Å². The van der Waals surface area contributed by atoms with Gasteiger partial charge in [-0.2, -0.15) is 0 Å². The van der Waals surface area contributed by atoms with Crippen LogP contribution in [0.3, 0.4) is 0 Å².